The molecule has 9 heteroatoms. The average molecular weight is 1090 g/mol. The maximum Gasteiger partial charge on any atom is 0.472 e. The van der Waals surface area contributed by atoms with E-state index in [1.54, 1.807) is 6.08 Å². The molecule has 0 bridgehead atoms. The van der Waals surface area contributed by atoms with Crippen LogP contribution in [0.4, 0.5) is 0 Å². The molecule has 0 spiro atoms. The predicted molar refractivity (Wildman–Crippen MR) is 332 cm³/mol. The van der Waals surface area contributed by atoms with Gasteiger partial charge in [-0.15, -0.1) is 0 Å². The first-order valence-electron chi connectivity index (χ1n) is 33.7. The molecule has 452 valence electrons. The summed E-state index contributed by atoms with van der Waals surface area (Å²) in [7, 11) is 1.57. The molecule has 0 aromatic carbocycles. The van der Waals surface area contributed by atoms with Crippen LogP contribution in [-0.2, 0) is 18.4 Å². The van der Waals surface area contributed by atoms with Gasteiger partial charge in [0.05, 0.1) is 39.9 Å². The summed E-state index contributed by atoms with van der Waals surface area (Å²) >= 11 is 0. The van der Waals surface area contributed by atoms with Crippen molar-refractivity contribution >= 4 is 13.7 Å². The van der Waals surface area contributed by atoms with Crippen molar-refractivity contribution in [3.05, 3.63) is 24.3 Å². The maximum atomic E-state index is 13.0. The fourth-order valence-electron chi connectivity index (χ4n) is 10.4. The van der Waals surface area contributed by atoms with Gasteiger partial charge in [0, 0.05) is 6.42 Å². The SMILES string of the molecule is CCCCCCCCCCCCCCCCCC/C=C/CC/C=C/C(O)C(COP(=O)(O)OCC[N+](C)(C)C)NC(=O)CCCCCCCCCCCCCCCCCCCCCCCCCCCCCCCCCC. The molecule has 3 atom stereocenters. The van der Waals surface area contributed by atoms with Crippen LogP contribution in [-0.4, -0.2) is 73.4 Å². The average Bonchev–Trinajstić information content (AvgIpc) is 3.38. The topological polar surface area (TPSA) is 105 Å². The number of phosphoric acid groups is 1. The maximum absolute atomic E-state index is 13.0. The molecule has 0 aromatic heterocycles. The van der Waals surface area contributed by atoms with Gasteiger partial charge < -0.3 is 19.8 Å². The third-order valence-corrected chi connectivity index (χ3v) is 16.7. The van der Waals surface area contributed by atoms with Crippen molar-refractivity contribution in [3.63, 3.8) is 0 Å². The number of aliphatic hydroxyl groups is 1. The number of aliphatic hydroxyl groups excluding tert-OH is 1. The fourth-order valence-corrected chi connectivity index (χ4v) is 11.2. The second-order valence-electron chi connectivity index (χ2n) is 24.6. The van der Waals surface area contributed by atoms with Gasteiger partial charge in [0.2, 0.25) is 5.91 Å². The highest BCUT2D eigenvalue weighted by atomic mass is 31.2. The monoisotopic (exact) mass is 1090 g/mol. The molecule has 0 saturated heterocycles. The number of likely N-dealkylation sites (N-methyl/N-ethyl adjacent to an activating group) is 1. The first-order chi connectivity index (χ1) is 37.0. The van der Waals surface area contributed by atoms with Crippen LogP contribution in [0.25, 0.3) is 0 Å². The summed E-state index contributed by atoms with van der Waals surface area (Å²) < 4.78 is 23.8. The van der Waals surface area contributed by atoms with E-state index in [1.165, 1.54) is 289 Å². The fraction of sp³-hybridized carbons (Fsp3) is 0.925. The van der Waals surface area contributed by atoms with Crippen LogP contribution in [0, 0.1) is 0 Å². The molecule has 76 heavy (non-hydrogen) atoms. The Morgan fingerprint density at radius 2 is 0.724 bits per heavy atom. The van der Waals surface area contributed by atoms with E-state index in [4.69, 9.17) is 9.05 Å². The highest BCUT2D eigenvalue weighted by molar-refractivity contribution is 7.47. The third-order valence-electron chi connectivity index (χ3n) is 15.7. The first-order valence-corrected chi connectivity index (χ1v) is 35.2. The van der Waals surface area contributed by atoms with Gasteiger partial charge in [0.15, 0.2) is 0 Å². The van der Waals surface area contributed by atoms with Crippen molar-refractivity contribution in [3.8, 4) is 0 Å². The van der Waals surface area contributed by atoms with Crippen LogP contribution in [0.15, 0.2) is 24.3 Å². The summed E-state index contributed by atoms with van der Waals surface area (Å²) in [6.07, 6.45) is 76.1. The minimum atomic E-state index is -4.36. The summed E-state index contributed by atoms with van der Waals surface area (Å²) in [5.74, 6) is -0.178. The molecule has 0 saturated carbocycles. The van der Waals surface area contributed by atoms with Crippen LogP contribution >= 0.6 is 7.82 Å². The van der Waals surface area contributed by atoms with E-state index >= 15 is 0 Å². The Balaban J connectivity index is 4.05. The van der Waals surface area contributed by atoms with E-state index in [0.717, 1.165) is 38.5 Å². The summed E-state index contributed by atoms with van der Waals surface area (Å²) in [5, 5.41) is 14.0. The summed E-state index contributed by atoms with van der Waals surface area (Å²) in [5.41, 5.74) is 0. The molecule has 8 nitrogen and oxygen atoms in total. The quantitative estimate of drug-likeness (QED) is 0.0243. The van der Waals surface area contributed by atoms with Crippen LogP contribution in [0.1, 0.15) is 348 Å². The van der Waals surface area contributed by atoms with Crippen molar-refractivity contribution in [1.82, 2.24) is 5.32 Å². The Bertz CT molecular complexity index is 1290. The van der Waals surface area contributed by atoms with Gasteiger partial charge in [-0.3, -0.25) is 13.8 Å². The van der Waals surface area contributed by atoms with Gasteiger partial charge in [-0.1, -0.05) is 334 Å². The second-order valence-corrected chi connectivity index (χ2v) is 26.0. The number of carbonyl (C=O) groups is 1. The Kier molecular flexibility index (Phi) is 57.8. The molecule has 0 aliphatic carbocycles. The number of rotatable bonds is 63. The van der Waals surface area contributed by atoms with E-state index in [0.29, 0.717) is 17.4 Å². The first kappa shape index (κ1) is 75.0. The van der Waals surface area contributed by atoms with Crippen molar-refractivity contribution in [1.29, 1.82) is 0 Å². The van der Waals surface area contributed by atoms with Crippen LogP contribution in [0.5, 0.6) is 0 Å². The molecule has 0 heterocycles. The number of nitrogens with zero attached hydrogens (tertiary/aromatic N) is 1. The molecule has 3 N–H and O–H groups in total. The number of hydrogen-bond donors (Lipinski definition) is 3. The van der Waals surface area contributed by atoms with Crippen LogP contribution in [0.3, 0.4) is 0 Å². The number of nitrogens with one attached hydrogen (secondary N) is 1. The second kappa shape index (κ2) is 58.6. The summed E-state index contributed by atoms with van der Waals surface area (Å²) in [4.78, 5) is 23.4. The zero-order chi connectivity index (χ0) is 55.6. The Labute approximate surface area is 474 Å². The lowest BCUT2D eigenvalue weighted by molar-refractivity contribution is -0.870. The van der Waals surface area contributed by atoms with Crippen molar-refractivity contribution in [2.24, 2.45) is 0 Å². The Hall–Kier alpha value is -1.02. The molecule has 1 amide bonds. The van der Waals surface area contributed by atoms with Gasteiger partial charge in [0.1, 0.15) is 13.2 Å². The molecule has 0 aliphatic heterocycles. The lowest BCUT2D eigenvalue weighted by Crippen LogP contribution is -2.45. The zero-order valence-corrected chi connectivity index (χ0v) is 52.7. The number of unbranched alkanes of at least 4 members (excludes halogenated alkanes) is 48. The smallest absolute Gasteiger partial charge is 0.387 e. The lowest BCUT2D eigenvalue weighted by Gasteiger charge is -2.25. The minimum absolute atomic E-state index is 0.0590. The molecule has 3 unspecified atom stereocenters. The van der Waals surface area contributed by atoms with E-state index < -0.39 is 20.0 Å². The number of phosphoric ester groups is 1. The standard InChI is InChI=1S/C67H133N2O6P/c1-6-8-10-12-14-16-18-20-22-24-26-28-30-31-32-33-34-35-36-37-38-39-41-43-45-47-49-51-53-55-57-59-61-67(71)68-65(64-75-76(72,73)74-63-62-69(3,4)5)66(70)60-58-56-54-52-50-48-46-44-42-40-29-27-25-23-21-19-17-15-13-11-9-7-2/h50,52,58,60,65-66,70H,6-49,51,53-57,59,61-64H2,1-5H3,(H-,68,71,72,73)/p+1/b52-50+,60-58+. The lowest BCUT2D eigenvalue weighted by atomic mass is 10.0. The third kappa shape index (κ3) is 60.6. The van der Waals surface area contributed by atoms with Crippen LogP contribution in [0.2, 0.25) is 0 Å². The summed E-state index contributed by atoms with van der Waals surface area (Å²) in [6.45, 7) is 4.86. The van der Waals surface area contributed by atoms with Crippen molar-refractivity contribution in [2.75, 3.05) is 40.9 Å². The van der Waals surface area contributed by atoms with Crippen molar-refractivity contribution in [2.45, 2.75) is 360 Å². The number of allylic oxidation sites excluding steroid dienone is 3. The normalized spacial score (nSPS) is 13.8. The van der Waals surface area contributed by atoms with Crippen molar-refractivity contribution < 1.29 is 32.9 Å². The largest absolute Gasteiger partial charge is 0.472 e. The summed E-state index contributed by atoms with van der Waals surface area (Å²) in [6, 6.07) is -0.861. The highest BCUT2D eigenvalue weighted by Gasteiger charge is 2.28. The van der Waals surface area contributed by atoms with E-state index in [-0.39, 0.29) is 19.1 Å². The molecular weight excluding hydrogens is 960 g/mol. The van der Waals surface area contributed by atoms with E-state index in [2.05, 4.69) is 31.3 Å². The molecule has 0 rings (SSSR count). The van der Waals surface area contributed by atoms with Gasteiger partial charge in [-0.25, -0.2) is 4.57 Å². The van der Waals surface area contributed by atoms with Gasteiger partial charge in [0.25, 0.3) is 0 Å². The van der Waals surface area contributed by atoms with Gasteiger partial charge in [-0.2, -0.15) is 0 Å². The molecule has 0 radical (unpaired) electrons. The number of quaternary nitrogens is 1. The molecule has 0 aromatic rings. The Morgan fingerprint density at radius 1 is 0.434 bits per heavy atom. The predicted octanol–water partition coefficient (Wildman–Crippen LogP) is 21.1. The van der Waals surface area contributed by atoms with Crippen LogP contribution < -0.4 is 5.32 Å². The molecule has 0 fully saturated rings. The number of hydrogen-bond acceptors (Lipinski definition) is 5. The van der Waals surface area contributed by atoms with Gasteiger partial charge in [-0.05, 0) is 32.1 Å². The minimum Gasteiger partial charge on any atom is -0.387 e. The number of carbonyl (C=O) groups excluding carboxylic acids is 1. The highest BCUT2D eigenvalue weighted by Crippen LogP contribution is 2.43. The zero-order valence-electron chi connectivity index (χ0n) is 51.8. The number of amides is 1. The molecular formula is C67H134N2O6P+. The van der Waals surface area contributed by atoms with E-state index in [9.17, 15) is 19.4 Å². The van der Waals surface area contributed by atoms with Gasteiger partial charge >= 0.3 is 7.82 Å². The Morgan fingerprint density at radius 3 is 1.05 bits per heavy atom. The van der Waals surface area contributed by atoms with E-state index in [1.807, 2.05) is 27.2 Å². The molecule has 0 aliphatic rings.